The molecule has 0 spiro atoms. The number of nitrogens with zero attached hydrogens (tertiary/aromatic N) is 4. The molecule has 6 rings (SSSR count). The second-order valence-electron chi connectivity index (χ2n) is 11.1. The number of anilines is 2. The fourth-order valence-electron chi connectivity index (χ4n) is 5.91. The zero-order valence-electron chi connectivity index (χ0n) is 22.4. The first-order valence-corrected chi connectivity index (χ1v) is 13.9. The number of methoxy groups -OCH3 is 1. The molecule has 0 radical (unpaired) electrons. The minimum absolute atomic E-state index is 0.114. The van der Waals surface area contributed by atoms with Gasteiger partial charge in [0.2, 0.25) is 0 Å². The van der Waals surface area contributed by atoms with E-state index in [1.54, 1.807) is 32.6 Å². The van der Waals surface area contributed by atoms with Gasteiger partial charge in [0.25, 0.3) is 0 Å². The first-order chi connectivity index (χ1) is 19.2. The van der Waals surface area contributed by atoms with Gasteiger partial charge in [0.15, 0.2) is 29.0 Å². The number of nitrogens with two attached hydrogens (primary N) is 1. The molecule has 3 N–H and O–H groups in total. The smallest absolute Gasteiger partial charge is 0.180 e. The number of aromatic nitrogens is 3. The highest BCUT2D eigenvalue weighted by molar-refractivity contribution is 8.15. The maximum atomic E-state index is 15.3. The Morgan fingerprint density at radius 3 is 2.83 bits per heavy atom. The number of benzene rings is 1. The van der Waals surface area contributed by atoms with Crippen LogP contribution in [0.25, 0.3) is 10.9 Å². The Balaban J connectivity index is 1.28. The predicted molar refractivity (Wildman–Crippen MR) is 152 cm³/mol. The molecule has 4 heterocycles. The van der Waals surface area contributed by atoms with Crippen molar-refractivity contribution in [3.8, 4) is 0 Å². The molecule has 1 aliphatic carbocycles. The van der Waals surface area contributed by atoms with E-state index in [-0.39, 0.29) is 5.56 Å². The quantitative estimate of drug-likeness (QED) is 0.266. The third kappa shape index (κ3) is 5.15. The van der Waals surface area contributed by atoms with Crippen molar-refractivity contribution in [3.63, 3.8) is 0 Å². The molecule has 1 aromatic carbocycles. The number of nitrogens with one attached hydrogen (secondary N) is 1. The molecule has 1 aliphatic heterocycles. The number of ether oxygens (including phenoxy) is 1. The average molecular weight is 565 g/mol. The summed E-state index contributed by atoms with van der Waals surface area (Å²) in [5.41, 5.74) is 8.27. The van der Waals surface area contributed by atoms with Crippen LogP contribution in [0.15, 0.2) is 58.7 Å². The number of fused-ring (bicyclic) bond motifs is 1. The van der Waals surface area contributed by atoms with Crippen LogP contribution in [0, 0.1) is 17.6 Å². The number of rotatable bonds is 8. The van der Waals surface area contributed by atoms with E-state index in [0.717, 1.165) is 35.6 Å². The van der Waals surface area contributed by atoms with Gasteiger partial charge in [-0.05, 0) is 68.7 Å². The van der Waals surface area contributed by atoms with Crippen LogP contribution >= 0.6 is 11.8 Å². The van der Waals surface area contributed by atoms with Crippen molar-refractivity contribution in [2.75, 3.05) is 19.0 Å². The lowest BCUT2D eigenvalue weighted by molar-refractivity contribution is 0.157. The predicted octanol–water partition coefficient (Wildman–Crippen LogP) is 6.06. The number of hydrogen-bond acceptors (Lipinski definition) is 9. The molecular weight excluding hydrogens is 534 g/mol. The summed E-state index contributed by atoms with van der Waals surface area (Å²) >= 11 is 1.38. The highest BCUT2D eigenvalue weighted by Crippen LogP contribution is 2.50. The van der Waals surface area contributed by atoms with E-state index in [1.807, 2.05) is 19.2 Å². The molecule has 11 heteroatoms. The van der Waals surface area contributed by atoms with Crippen molar-refractivity contribution < 1.29 is 17.9 Å². The van der Waals surface area contributed by atoms with Crippen molar-refractivity contribution in [1.82, 2.24) is 15.0 Å². The van der Waals surface area contributed by atoms with Crippen LogP contribution in [0.5, 0.6) is 0 Å². The Bertz CT molecular complexity index is 1600. The van der Waals surface area contributed by atoms with Crippen molar-refractivity contribution in [3.05, 3.63) is 77.8 Å². The molecule has 0 bridgehead atoms. The van der Waals surface area contributed by atoms with Crippen LogP contribution in [0.2, 0.25) is 0 Å². The van der Waals surface area contributed by atoms with Crippen LogP contribution in [0.4, 0.5) is 20.3 Å². The van der Waals surface area contributed by atoms with E-state index >= 15 is 4.39 Å². The Kier molecular flexibility index (Phi) is 6.74. The van der Waals surface area contributed by atoms with E-state index in [1.165, 1.54) is 18.2 Å². The van der Waals surface area contributed by atoms with Gasteiger partial charge in [0.05, 0.1) is 17.8 Å². The summed E-state index contributed by atoms with van der Waals surface area (Å²) < 4.78 is 40.2. The minimum Gasteiger partial charge on any atom is -0.451 e. The van der Waals surface area contributed by atoms with Gasteiger partial charge in [-0.3, -0.25) is 9.98 Å². The number of hydrogen-bond donors (Lipinski definition) is 2. The molecule has 1 saturated carbocycles. The molecule has 8 nitrogen and oxygen atoms in total. The van der Waals surface area contributed by atoms with Gasteiger partial charge in [-0.1, -0.05) is 11.8 Å². The number of halogens is 2. The second kappa shape index (κ2) is 10.1. The number of amidine groups is 1. The Hall–Kier alpha value is -3.57. The minimum atomic E-state index is -1.09. The van der Waals surface area contributed by atoms with E-state index in [2.05, 4.69) is 26.3 Å². The zero-order valence-corrected chi connectivity index (χ0v) is 23.3. The van der Waals surface area contributed by atoms with Crippen molar-refractivity contribution in [2.24, 2.45) is 16.6 Å². The molecule has 4 aromatic rings. The van der Waals surface area contributed by atoms with Gasteiger partial charge >= 0.3 is 0 Å². The zero-order chi connectivity index (χ0) is 28.1. The molecule has 40 heavy (non-hydrogen) atoms. The van der Waals surface area contributed by atoms with Crippen molar-refractivity contribution >= 4 is 39.3 Å². The topological polar surface area (TPSA) is 111 Å². The maximum Gasteiger partial charge on any atom is 0.180 e. The summed E-state index contributed by atoms with van der Waals surface area (Å²) in [6.45, 7) is 4.14. The fourth-order valence-corrected chi connectivity index (χ4v) is 7.20. The van der Waals surface area contributed by atoms with E-state index in [4.69, 9.17) is 19.9 Å². The molecule has 0 saturated heterocycles. The van der Waals surface area contributed by atoms with Gasteiger partial charge in [0, 0.05) is 47.0 Å². The molecule has 4 atom stereocenters. The van der Waals surface area contributed by atoms with Gasteiger partial charge in [0.1, 0.15) is 11.8 Å². The lowest BCUT2D eigenvalue weighted by Gasteiger charge is -2.41. The molecule has 2 unspecified atom stereocenters. The lowest BCUT2D eigenvalue weighted by atomic mass is 9.83. The van der Waals surface area contributed by atoms with Gasteiger partial charge < -0.3 is 20.2 Å². The Morgan fingerprint density at radius 1 is 1.20 bits per heavy atom. The maximum absolute atomic E-state index is 15.3. The number of aliphatic imine (C=N–C) groups is 1. The second-order valence-corrected chi connectivity index (χ2v) is 12.7. The van der Waals surface area contributed by atoms with Crippen molar-refractivity contribution in [1.29, 1.82) is 0 Å². The Morgan fingerprint density at radius 2 is 2.05 bits per heavy atom. The van der Waals surface area contributed by atoms with Gasteiger partial charge in [-0.25, -0.2) is 18.7 Å². The van der Waals surface area contributed by atoms with E-state index in [9.17, 15) is 4.39 Å². The third-order valence-electron chi connectivity index (χ3n) is 7.67. The van der Waals surface area contributed by atoms with Crippen LogP contribution in [-0.2, 0) is 16.7 Å². The summed E-state index contributed by atoms with van der Waals surface area (Å²) in [6.07, 6.45) is 9.05. The fraction of sp³-hybridized carbons (Fsp3) is 0.379. The Labute approximate surface area is 234 Å². The first-order valence-electron chi connectivity index (χ1n) is 13.1. The molecule has 208 valence electrons. The standard InChI is InChI=1S/C29H30F2N6O2S/c1-28(14-38-3)13-29(2,37-27(32)40-28)22-9-19(10-23(30)24(22)31)36-26-25-16(4-5-33-26)6-18(11-34-25)21-8-17(21)7-20-12-39-15-35-20/h4-6,9-12,15,17,21H,7-8,13-14H2,1-3H3,(H2,32,37)(H,33,36)/t17?,21?,28-,29+/m1/s1. The SMILES string of the molecule is COC[C@@]1(C)C[C@@](C)(c2cc(Nc3nccc4cc(C5CC5Cc5cocn5)cnc34)cc(F)c2F)N=C(N)S1. The number of oxazole rings is 1. The lowest BCUT2D eigenvalue weighted by Crippen LogP contribution is -2.43. The van der Waals surface area contributed by atoms with Gasteiger partial charge in [-0.15, -0.1) is 0 Å². The monoisotopic (exact) mass is 564 g/mol. The van der Waals surface area contributed by atoms with Crippen LogP contribution < -0.4 is 11.1 Å². The van der Waals surface area contributed by atoms with E-state index in [0.29, 0.717) is 47.1 Å². The average Bonchev–Trinajstić information content (AvgIpc) is 3.46. The largest absolute Gasteiger partial charge is 0.451 e. The van der Waals surface area contributed by atoms with E-state index < -0.39 is 21.9 Å². The molecule has 2 aliphatic rings. The summed E-state index contributed by atoms with van der Waals surface area (Å²) in [7, 11) is 1.60. The molecule has 1 fully saturated rings. The summed E-state index contributed by atoms with van der Waals surface area (Å²) in [6, 6.07) is 6.71. The third-order valence-corrected chi connectivity index (χ3v) is 8.73. The normalized spacial score (nSPS) is 26.1. The molecular formula is C29H30F2N6O2S. The number of thioether (sulfide) groups is 1. The van der Waals surface area contributed by atoms with Crippen LogP contribution in [0.3, 0.4) is 0 Å². The molecule has 0 amide bonds. The first kappa shape index (κ1) is 26.6. The summed E-state index contributed by atoms with van der Waals surface area (Å²) in [5, 5.41) is 4.38. The highest BCUT2D eigenvalue weighted by Gasteiger charge is 2.44. The highest BCUT2D eigenvalue weighted by atomic mass is 32.2. The summed E-state index contributed by atoms with van der Waals surface area (Å²) in [5.74, 6) is -0.560. The number of pyridine rings is 2. The van der Waals surface area contributed by atoms with Crippen molar-refractivity contribution in [2.45, 2.75) is 49.3 Å². The van der Waals surface area contributed by atoms with Crippen LogP contribution in [-0.4, -0.2) is 38.6 Å². The summed E-state index contributed by atoms with van der Waals surface area (Å²) in [4.78, 5) is 17.9. The molecule has 3 aromatic heterocycles. The van der Waals surface area contributed by atoms with Crippen LogP contribution in [0.1, 0.15) is 49.4 Å². The van der Waals surface area contributed by atoms with Gasteiger partial charge in [-0.2, -0.15) is 0 Å².